The van der Waals surface area contributed by atoms with Crippen molar-refractivity contribution >= 4 is 5.91 Å². The molecule has 1 aliphatic rings. The summed E-state index contributed by atoms with van der Waals surface area (Å²) in [5.74, 6) is 0.208. The molecule has 1 N–H and O–H groups in total. The number of nitrogens with zero attached hydrogens (tertiary/aromatic N) is 3. The van der Waals surface area contributed by atoms with Crippen LogP contribution in [-0.2, 0) is 24.2 Å². The van der Waals surface area contributed by atoms with Crippen molar-refractivity contribution in [2.75, 3.05) is 26.7 Å². The number of carbonyl (C=O) groups excluding carboxylic acids is 1. The lowest BCUT2D eigenvalue weighted by Crippen LogP contribution is -2.41. The maximum Gasteiger partial charge on any atom is 0.236 e. The number of rotatable bonds is 6. The number of hydrogen-bond acceptors (Lipinski definition) is 3. The molecule has 1 aromatic carbocycles. The number of aryl methyl sites for hydroxylation is 2. The number of benzene rings is 1. The molecule has 134 valence electrons. The van der Waals surface area contributed by atoms with Crippen molar-refractivity contribution in [1.29, 1.82) is 0 Å². The molecule has 0 saturated carbocycles. The summed E-state index contributed by atoms with van der Waals surface area (Å²) in [6, 6.07) is 8.54. The number of hydrogen-bond donors (Lipinski definition) is 1. The van der Waals surface area contributed by atoms with Crippen LogP contribution in [0.4, 0.5) is 0 Å². The number of H-pyrrole nitrogens is 1. The van der Waals surface area contributed by atoms with E-state index in [2.05, 4.69) is 46.3 Å². The summed E-state index contributed by atoms with van der Waals surface area (Å²) in [6.45, 7) is 7.22. The summed E-state index contributed by atoms with van der Waals surface area (Å²) in [7, 11) is 1.91. The lowest BCUT2D eigenvalue weighted by Gasteiger charge is -2.29. The lowest BCUT2D eigenvalue weighted by atomic mass is 10.00. The Morgan fingerprint density at radius 3 is 2.76 bits per heavy atom. The van der Waals surface area contributed by atoms with Gasteiger partial charge in [0.1, 0.15) is 0 Å². The van der Waals surface area contributed by atoms with Gasteiger partial charge in [0.25, 0.3) is 0 Å². The van der Waals surface area contributed by atoms with Crippen molar-refractivity contribution in [3.8, 4) is 0 Å². The van der Waals surface area contributed by atoms with Crippen LogP contribution in [0.2, 0.25) is 0 Å². The Bertz CT molecular complexity index is 718. The molecule has 0 unspecified atom stereocenters. The quantitative estimate of drug-likeness (QED) is 0.879. The molecule has 0 radical (unpaired) electrons. The third-order valence-electron chi connectivity index (χ3n) is 5.20. The van der Waals surface area contributed by atoms with Crippen molar-refractivity contribution in [3.05, 3.63) is 52.3 Å². The van der Waals surface area contributed by atoms with Gasteiger partial charge in [-0.2, -0.15) is 5.10 Å². The van der Waals surface area contributed by atoms with Gasteiger partial charge in [0, 0.05) is 32.4 Å². The van der Waals surface area contributed by atoms with Gasteiger partial charge in [-0.05, 0) is 49.8 Å². The van der Waals surface area contributed by atoms with E-state index in [9.17, 15) is 4.79 Å². The molecule has 5 heteroatoms. The molecule has 3 rings (SSSR count). The van der Waals surface area contributed by atoms with Gasteiger partial charge in [0.05, 0.1) is 12.2 Å². The first-order valence-corrected chi connectivity index (χ1v) is 9.08. The summed E-state index contributed by atoms with van der Waals surface area (Å²) in [4.78, 5) is 16.6. The first-order chi connectivity index (χ1) is 12.0. The van der Waals surface area contributed by atoms with Crippen LogP contribution >= 0.6 is 0 Å². The van der Waals surface area contributed by atoms with Crippen LogP contribution in [0.1, 0.15) is 34.5 Å². The number of aromatic nitrogens is 2. The summed E-state index contributed by atoms with van der Waals surface area (Å²) >= 11 is 0. The van der Waals surface area contributed by atoms with E-state index < -0.39 is 0 Å². The van der Waals surface area contributed by atoms with Gasteiger partial charge >= 0.3 is 0 Å². The van der Waals surface area contributed by atoms with E-state index in [-0.39, 0.29) is 5.91 Å². The first-order valence-electron chi connectivity index (χ1n) is 9.08. The molecule has 1 aliphatic heterocycles. The molecular formula is C20H28N4O. The van der Waals surface area contributed by atoms with Crippen LogP contribution in [-0.4, -0.2) is 52.6 Å². The zero-order chi connectivity index (χ0) is 17.8. The topological polar surface area (TPSA) is 52.2 Å². The maximum atomic E-state index is 12.5. The molecule has 2 heterocycles. The SMILES string of the molecule is Cc1n[nH]c(C)c1CCCN(C)C(=O)CN1CCc2ccccc2C1. The Kier molecular flexibility index (Phi) is 5.53. The molecule has 0 spiro atoms. The second-order valence-electron chi connectivity index (χ2n) is 7.06. The van der Waals surface area contributed by atoms with Crippen LogP contribution in [0.3, 0.4) is 0 Å². The second-order valence-corrected chi connectivity index (χ2v) is 7.06. The van der Waals surface area contributed by atoms with Gasteiger partial charge in [-0.3, -0.25) is 14.8 Å². The Balaban J connectivity index is 1.45. The molecule has 5 nitrogen and oxygen atoms in total. The average molecular weight is 340 g/mol. The van der Waals surface area contributed by atoms with E-state index in [1.165, 1.54) is 16.7 Å². The van der Waals surface area contributed by atoms with Gasteiger partial charge in [-0.15, -0.1) is 0 Å². The average Bonchev–Trinajstić information content (AvgIpc) is 2.93. The summed E-state index contributed by atoms with van der Waals surface area (Å²) in [6.07, 6.45) is 2.96. The Labute approximate surface area is 150 Å². The third kappa shape index (κ3) is 4.28. The molecule has 1 aromatic heterocycles. The fourth-order valence-corrected chi connectivity index (χ4v) is 3.56. The number of nitrogens with one attached hydrogen (secondary N) is 1. The number of likely N-dealkylation sites (N-methyl/N-ethyl adjacent to an activating group) is 1. The highest BCUT2D eigenvalue weighted by atomic mass is 16.2. The minimum absolute atomic E-state index is 0.208. The predicted octanol–water partition coefficient (Wildman–Crippen LogP) is 2.48. The molecule has 0 fully saturated rings. The summed E-state index contributed by atoms with van der Waals surface area (Å²) in [5.41, 5.74) is 6.27. The molecule has 2 aromatic rings. The zero-order valence-corrected chi connectivity index (χ0v) is 15.5. The standard InChI is InChI=1S/C20H28N4O/c1-15-19(16(2)22-21-15)9-6-11-23(3)20(25)14-24-12-10-17-7-4-5-8-18(17)13-24/h4-5,7-8H,6,9-14H2,1-3H3,(H,21,22). The molecule has 0 saturated heterocycles. The Hall–Kier alpha value is -2.14. The van der Waals surface area contributed by atoms with E-state index in [4.69, 9.17) is 0 Å². The van der Waals surface area contributed by atoms with Gasteiger partial charge in [-0.25, -0.2) is 0 Å². The molecule has 25 heavy (non-hydrogen) atoms. The van der Waals surface area contributed by atoms with Crippen molar-refractivity contribution < 1.29 is 4.79 Å². The third-order valence-corrected chi connectivity index (χ3v) is 5.20. The highest BCUT2D eigenvalue weighted by Crippen LogP contribution is 2.18. The van der Waals surface area contributed by atoms with Crippen LogP contribution in [0.15, 0.2) is 24.3 Å². The fourth-order valence-electron chi connectivity index (χ4n) is 3.56. The van der Waals surface area contributed by atoms with Gasteiger partial charge < -0.3 is 4.90 Å². The van der Waals surface area contributed by atoms with Crippen LogP contribution in [0.5, 0.6) is 0 Å². The largest absolute Gasteiger partial charge is 0.345 e. The summed E-state index contributed by atoms with van der Waals surface area (Å²) in [5, 5.41) is 7.26. The molecule has 0 bridgehead atoms. The Morgan fingerprint density at radius 2 is 2.04 bits per heavy atom. The number of carbonyl (C=O) groups is 1. The van der Waals surface area contributed by atoms with E-state index in [0.29, 0.717) is 6.54 Å². The maximum absolute atomic E-state index is 12.5. The number of fused-ring (bicyclic) bond motifs is 1. The van der Waals surface area contributed by atoms with E-state index >= 15 is 0 Å². The van der Waals surface area contributed by atoms with Crippen LogP contribution in [0.25, 0.3) is 0 Å². The first kappa shape index (κ1) is 17.7. The van der Waals surface area contributed by atoms with E-state index in [0.717, 1.165) is 50.3 Å². The second kappa shape index (κ2) is 7.83. The molecule has 0 aliphatic carbocycles. The van der Waals surface area contributed by atoms with Gasteiger partial charge in [0.15, 0.2) is 0 Å². The number of amides is 1. The van der Waals surface area contributed by atoms with E-state index in [1.807, 2.05) is 18.9 Å². The highest BCUT2D eigenvalue weighted by molar-refractivity contribution is 5.78. The van der Waals surface area contributed by atoms with Gasteiger partial charge in [0.2, 0.25) is 5.91 Å². The minimum atomic E-state index is 0.208. The Morgan fingerprint density at radius 1 is 1.28 bits per heavy atom. The normalized spacial score (nSPS) is 14.4. The van der Waals surface area contributed by atoms with Crippen LogP contribution < -0.4 is 0 Å². The van der Waals surface area contributed by atoms with E-state index in [1.54, 1.807) is 0 Å². The smallest absolute Gasteiger partial charge is 0.236 e. The molecule has 0 atom stereocenters. The molecular weight excluding hydrogens is 312 g/mol. The molecule has 1 amide bonds. The summed E-state index contributed by atoms with van der Waals surface area (Å²) < 4.78 is 0. The number of aromatic amines is 1. The fraction of sp³-hybridized carbons (Fsp3) is 0.500. The van der Waals surface area contributed by atoms with Crippen molar-refractivity contribution in [3.63, 3.8) is 0 Å². The predicted molar refractivity (Wildman–Crippen MR) is 99.4 cm³/mol. The van der Waals surface area contributed by atoms with Crippen molar-refractivity contribution in [1.82, 2.24) is 20.0 Å². The van der Waals surface area contributed by atoms with Crippen molar-refractivity contribution in [2.24, 2.45) is 0 Å². The van der Waals surface area contributed by atoms with Crippen LogP contribution in [0, 0.1) is 13.8 Å². The minimum Gasteiger partial charge on any atom is -0.345 e. The van der Waals surface area contributed by atoms with Crippen molar-refractivity contribution in [2.45, 2.75) is 39.7 Å². The highest BCUT2D eigenvalue weighted by Gasteiger charge is 2.19. The van der Waals surface area contributed by atoms with Gasteiger partial charge in [-0.1, -0.05) is 24.3 Å². The monoisotopic (exact) mass is 340 g/mol. The lowest BCUT2D eigenvalue weighted by molar-refractivity contribution is -0.131. The zero-order valence-electron chi connectivity index (χ0n) is 15.5.